The van der Waals surface area contributed by atoms with Crippen molar-refractivity contribution in [2.24, 2.45) is 5.92 Å². The molecule has 5 nitrogen and oxygen atoms in total. The van der Waals surface area contributed by atoms with Crippen molar-refractivity contribution in [2.75, 3.05) is 18.4 Å². The van der Waals surface area contributed by atoms with Gasteiger partial charge in [-0.1, -0.05) is 59.1 Å². The molecule has 0 bridgehead atoms. The summed E-state index contributed by atoms with van der Waals surface area (Å²) in [5, 5.41) is 3.86. The lowest BCUT2D eigenvalue weighted by atomic mass is 9.97. The van der Waals surface area contributed by atoms with Crippen molar-refractivity contribution in [3.05, 3.63) is 63.1 Å². The van der Waals surface area contributed by atoms with E-state index < -0.39 is 10.0 Å². The molecule has 1 aliphatic rings. The first kappa shape index (κ1) is 21.4. The standard InChI is InChI=1S/C19H19Cl3N2O3S/c20-15-5-2-1-4-14(15)12-28(26,27)24-10-8-13(9-11-24)19(25)23-17-7-3-6-16(21)18(17)22/h1-7,13H,8-12H2,(H,23,25). The summed E-state index contributed by atoms with van der Waals surface area (Å²) < 4.78 is 26.8. The van der Waals surface area contributed by atoms with Crippen LogP contribution in [0.3, 0.4) is 0 Å². The van der Waals surface area contributed by atoms with Gasteiger partial charge in [0, 0.05) is 24.0 Å². The summed E-state index contributed by atoms with van der Waals surface area (Å²) in [6, 6.07) is 11.9. The molecule has 0 aromatic heterocycles. The molecule has 2 aromatic carbocycles. The lowest BCUT2D eigenvalue weighted by molar-refractivity contribution is -0.120. The maximum atomic E-state index is 12.7. The smallest absolute Gasteiger partial charge is 0.227 e. The molecule has 0 unspecified atom stereocenters. The highest BCUT2D eigenvalue weighted by Gasteiger charge is 2.31. The monoisotopic (exact) mass is 460 g/mol. The molecule has 1 heterocycles. The molecule has 9 heteroatoms. The third kappa shape index (κ3) is 4.99. The molecule has 28 heavy (non-hydrogen) atoms. The summed E-state index contributed by atoms with van der Waals surface area (Å²) in [6.45, 7) is 0.572. The number of nitrogens with zero attached hydrogens (tertiary/aromatic N) is 1. The SMILES string of the molecule is O=C(Nc1cccc(Cl)c1Cl)C1CCN(S(=O)(=O)Cc2ccccc2Cl)CC1. The molecule has 1 saturated heterocycles. The molecule has 0 radical (unpaired) electrons. The average molecular weight is 462 g/mol. The molecule has 2 aromatic rings. The molecule has 1 amide bonds. The van der Waals surface area contributed by atoms with E-state index in [1.807, 2.05) is 0 Å². The molecule has 1 fully saturated rings. The van der Waals surface area contributed by atoms with E-state index in [-0.39, 0.29) is 35.7 Å². The predicted octanol–water partition coefficient (Wildman–Crippen LogP) is 4.83. The topological polar surface area (TPSA) is 66.5 Å². The van der Waals surface area contributed by atoms with Crippen LogP contribution in [0.25, 0.3) is 0 Å². The van der Waals surface area contributed by atoms with Crippen LogP contribution in [0.4, 0.5) is 5.69 Å². The Bertz CT molecular complexity index is 974. The van der Waals surface area contributed by atoms with Crippen LogP contribution in [0.5, 0.6) is 0 Å². The highest BCUT2D eigenvalue weighted by molar-refractivity contribution is 7.88. The van der Waals surface area contributed by atoms with Gasteiger partial charge in [-0.2, -0.15) is 0 Å². The van der Waals surface area contributed by atoms with Crippen LogP contribution in [-0.2, 0) is 20.6 Å². The lowest BCUT2D eigenvalue weighted by Crippen LogP contribution is -2.41. The number of sulfonamides is 1. The number of hydrogen-bond acceptors (Lipinski definition) is 3. The van der Waals surface area contributed by atoms with Crippen molar-refractivity contribution in [3.8, 4) is 0 Å². The van der Waals surface area contributed by atoms with Gasteiger partial charge >= 0.3 is 0 Å². The second-order valence-electron chi connectivity index (χ2n) is 6.61. The van der Waals surface area contributed by atoms with Crippen LogP contribution < -0.4 is 5.32 Å². The van der Waals surface area contributed by atoms with Gasteiger partial charge in [0.05, 0.1) is 21.5 Å². The Kier molecular flexibility index (Phi) is 6.89. The van der Waals surface area contributed by atoms with Crippen LogP contribution >= 0.6 is 34.8 Å². The Hall–Kier alpha value is -1.31. The molecule has 1 N–H and O–H groups in total. The minimum absolute atomic E-state index is 0.151. The number of rotatable bonds is 5. The van der Waals surface area contributed by atoms with E-state index in [1.165, 1.54) is 4.31 Å². The first-order chi connectivity index (χ1) is 13.3. The van der Waals surface area contributed by atoms with Crippen LogP contribution in [0.1, 0.15) is 18.4 Å². The third-order valence-electron chi connectivity index (χ3n) is 4.72. The average Bonchev–Trinajstić information content (AvgIpc) is 2.67. The van der Waals surface area contributed by atoms with Gasteiger partial charge in [-0.3, -0.25) is 4.79 Å². The number of amides is 1. The van der Waals surface area contributed by atoms with Gasteiger partial charge in [0.25, 0.3) is 0 Å². The number of benzene rings is 2. The Morgan fingerprint density at radius 3 is 2.32 bits per heavy atom. The first-order valence-corrected chi connectivity index (χ1v) is 11.5. The maximum absolute atomic E-state index is 12.7. The molecule has 0 atom stereocenters. The highest BCUT2D eigenvalue weighted by Crippen LogP contribution is 2.31. The number of halogens is 3. The van der Waals surface area contributed by atoms with Crippen molar-refractivity contribution in [3.63, 3.8) is 0 Å². The van der Waals surface area contributed by atoms with E-state index in [1.54, 1.807) is 42.5 Å². The Balaban J connectivity index is 1.60. The fourth-order valence-electron chi connectivity index (χ4n) is 3.13. The van der Waals surface area contributed by atoms with E-state index in [4.69, 9.17) is 34.8 Å². The van der Waals surface area contributed by atoms with Crippen LogP contribution in [0.15, 0.2) is 42.5 Å². The highest BCUT2D eigenvalue weighted by atomic mass is 35.5. The van der Waals surface area contributed by atoms with Crippen molar-refractivity contribution < 1.29 is 13.2 Å². The fourth-order valence-corrected chi connectivity index (χ4v) is 5.36. The molecule has 0 saturated carbocycles. The minimum atomic E-state index is -3.50. The molecule has 150 valence electrons. The number of carbonyl (C=O) groups is 1. The molecule has 1 aliphatic heterocycles. The van der Waals surface area contributed by atoms with Gasteiger partial charge in [0.1, 0.15) is 0 Å². The van der Waals surface area contributed by atoms with Gasteiger partial charge < -0.3 is 5.32 Å². The number of piperidine rings is 1. The maximum Gasteiger partial charge on any atom is 0.227 e. The summed E-state index contributed by atoms with van der Waals surface area (Å²) in [6.07, 6.45) is 0.873. The van der Waals surface area contributed by atoms with Gasteiger partial charge in [0.15, 0.2) is 0 Å². The zero-order valence-electron chi connectivity index (χ0n) is 14.9. The normalized spacial score (nSPS) is 16.1. The van der Waals surface area contributed by atoms with Gasteiger partial charge in [-0.15, -0.1) is 0 Å². The number of hydrogen-bond donors (Lipinski definition) is 1. The van der Waals surface area contributed by atoms with E-state index >= 15 is 0 Å². The summed E-state index contributed by atoms with van der Waals surface area (Å²) in [7, 11) is -3.50. The number of nitrogens with one attached hydrogen (secondary N) is 1. The van der Waals surface area contributed by atoms with E-state index in [0.717, 1.165) is 0 Å². The zero-order chi connectivity index (χ0) is 20.3. The summed E-state index contributed by atoms with van der Waals surface area (Å²) >= 11 is 18.1. The van der Waals surface area contributed by atoms with Crippen molar-refractivity contribution in [2.45, 2.75) is 18.6 Å². The Labute approximate surface area is 179 Å². The molecular weight excluding hydrogens is 443 g/mol. The zero-order valence-corrected chi connectivity index (χ0v) is 18.0. The van der Waals surface area contributed by atoms with E-state index in [9.17, 15) is 13.2 Å². The Morgan fingerprint density at radius 1 is 1.00 bits per heavy atom. The molecule has 3 rings (SSSR count). The van der Waals surface area contributed by atoms with Crippen molar-refractivity contribution in [1.82, 2.24) is 4.31 Å². The predicted molar refractivity (Wildman–Crippen MR) is 113 cm³/mol. The molecule has 0 spiro atoms. The summed E-state index contributed by atoms with van der Waals surface area (Å²) in [5.74, 6) is -0.629. The van der Waals surface area contributed by atoms with Gasteiger partial charge in [-0.25, -0.2) is 12.7 Å². The molecular formula is C19H19Cl3N2O3S. The second kappa shape index (κ2) is 9.01. The van der Waals surface area contributed by atoms with Crippen LogP contribution in [0.2, 0.25) is 15.1 Å². The Morgan fingerprint density at radius 2 is 1.64 bits per heavy atom. The summed E-state index contributed by atoms with van der Waals surface area (Å²) in [4.78, 5) is 12.5. The minimum Gasteiger partial charge on any atom is -0.324 e. The lowest BCUT2D eigenvalue weighted by Gasteiger charge is -2.30. The quantitative estimate of drug-likeness (QED) is 0.693. The van der Waals surface area contributed by atoms with Crippen LogP contribution in [-0.4, -0.2) is 31.7 Å². The number of carbonyl (C=O) groups excluding carboxylic acids is 1. The summed E-state index contributed by atoms with van der Waals surface area (Å²) in [5.41, 5.74) is 1.02. The third-order valence-corrected chi connectivity index (χ3v) is 7.74. The second-order valence-corrected chi connectivity index (χ2v) is 9.77. The van der Waals surface area contributed by atoms with Gasteiger partial charge in [-0.05, 0) is 36.6 Å². The van der Waals surface area contributed by atoms with Crippen molar-refractivity contribution in [1.29, 1.82) is 0 Å². The van der Waals surface area contributed by atoms with Gasteiger partial charge in [0.2, 0.25) is 15.9 Å². The fraction of sp³-hybridized carbons (Fsp3) is 0.316. The van der Waals surface area contributed by atoms with E-state index in [0.29, 0.717) is 34.1 Å². The van der Waals surface area contributed by atoms with Crippen LogP contribution in [0, 0.1) is 5.92 Å². The largest absolute Gasteiger partial charge is 0.324 e. The first-order valence-electron chi connectivity index (χ1n) is 8.74. The van der Waals surface area contributed by atoms with Crippen molar-refractivity contribution >= 4 is 56.4 Å². The number of anilines is 1. The molecule has 0 aliphatic carbocycles. The van der Waals surface area contributed by atoms with E-state index in [2.05, 4.69) is 5.32 Å².